The minimum absolute atomic E-state index is 0.121. The number of aromatic hydroxyl groups is 1. The van der Waals surface area contributed by atoms with Crippen LogP contribution in [0.25, 0.3) is 0 Å². The summed E-state index contributed by atoms with van der Waals surface area (Å²) in [5, 5.41) is 10.2. The molecule has 5 nitrogen and oxygen atoms in total. The molecule has 5 heteroatoms. The van der Waals surface area contributed by atoms with Crippen molar-refractivity contribution in [3.63, 3.8) is 0 Å². The van der Waals surface area contributed by atoms with Crippen molar-refractivity contribution in [1.29, 1.82) is 0 Å². The molecule has 26 heavy (non-hydrogen) atoms. The van der Waals surface area contributed by atoms with Crippen LogP contribution in [0.5, 0.6) is 17.2 Å². The minimum Gasteiger partial charge on any atom is -0.507 e. The molecule has 0 saturated carbocycles. The second kappa shape index (κ2) is 9.82. The first-order valence-electron chi connectivity index (χ1n) is 8.81. The highest BCUT2D eigenvalue weighted by Crippen LogP contribution is 2.24. The Balaban J connectivity index is 2.08. The number of methoxy groups -OCH3 is 1. The maximum absolute atomic E-state index is 10.2. The summed E-state index contributed by atoms with van der Waals surface area (Å²) >= 11 is 0. The third kappa shape index (κ3) is 5.49. The first-order valence-corrected chi connectivity index (χ1v) is 8.81. The molecule has 0 spiro atoms. The number of aliphatic imine (C=N–C) groups is 1. The molecule has 2 aromatic rings. The molecule has 0 bridgehead atoms. The van der Waals surface area contributed by atoms with Crippen LogP contribution in [0.3, 0.4) is 0 Å². The van der Waals surface area contributed by atoms with E-state index in [2.05, 4.69) is 16.0 Å². The average molecular weight is 356 g/mol. The second-order valence-electron chi connectivity index (χ2n) is 6.32. The molecule has 2 aromatic carbocycles. The molecule has 1 atom stereocenters. The second-order valence-corrected chi connectivity index (χ2v) is 6.32. The predicted octanol–water partition coefficient (Wildman–Crippen LogP) is 3.91. The van der Waals surface area contributed by atoms with E-state index >= 15 is 0 Å². The van der Waals surface area contributed by atoms with E-state index in [1.54, 1.807) is 19.4 Å². The molecule has 0 radical (unpaired) electrons. The number of nitrogens with zero attached hydrogens (tertiary/aromatic N) is 2. The van der Waals surface area contributed by atoms with Crippen molar-refractivity contribution in [1.82, 2.24) is 4.90 Å². The summed E-state index contributed by atoms with van der Waals surface area (Å²) < 4.78 is 10.8. The fourth-order valence-corrected chi connectivity index (χ4v) is 2.61. The SMILES string of the molecule is CCCOc1ccc(C=NC[C@H](c2cccc(OC)c2)N(C)C)c(O)c1. The predicted molar refractivity (Wildman–Crippen MR) is 106 cm³/mol. The van der Waals surface area contributed by atoms with Crippen molar-refractivity contribution >= 4 is 6.21 Å². The maximum Gasteiger partial charge on any atom is 0.128 e. The lowest BCUT2D eigenvalue weighted by atomic mass is 10.1. The number of hydrogen-bond donors (Lipinski definition) is 1. The van der Waals surface area contributed by atoms with E-state index in [-0.39, 0.29) is 11.8 Å². The smallest absolute Gasteiger partial charge is 0.128 e. The molecule has 0 aliphatic carbocycles. The third-order valence-electron chi connectivity index (χ3n) is 4.09. The average Bonchev–Trinajstić information content (AvgIpc) is 2.64. The number of hydrogen-bond acceptors (Lipinski definition) is 5. The number of likely N-dealkylation sites (N-methyl/N-ethyl adjacent to an activating group) is 1. The van der Waals surface area contributed by atoms with Crippen LogP contribution in [0, 0.1) is 0 Å². The van der Waals surface area contributed by atoms with E-state index in [0.717, 1.165) is 17.7 Å². The summed E-state index contributed by atoms with van der Waals surface area (Å²) in [6.45, 7) is 3.26. The zero-order valence-corrected chi connectivity index (χ0v) is 16.0. The number of phenols is 1. The van der Waals surface area contributed by atoms with Gasteiger partial charge in [0.2, 0.25) is 0 Å². The highest BCUT2D eigenvalue weighted by molar-refractivity contribution is 5.83. The molecule has 0 aliphatic heterocycles. The van der Waals surface area contributed by atoms with Gasteiger partial charge in [-0.1, -0.05) is 19.1 Å². The van der Waals surface area contributed by atoms with Crippen LogP contribution in [0.15, 0.2) is 47.5 Å². The van der Waals surface area contributed by atoms with E-state index < -0.39 is 0 Å². The maximum atomic E-state index is 10.2. The van der Waals surface area contributed by atoms with Crippen molar-refractivity contribution in [2.45, 2.75) is 19.4 Å². The van der Waals surface area contributed by atoms with E-state index in [1.165, 1.54) is 0 Å². The molecule has 0 saturated heterocycles. The lowest BCUT2D eigenvalue weighted by molar-refractivity contribution is 0.305. The van der Waals surface area contributed by atoms with Crippen LogP contribution in [-0.4, -0.2) is 50.6 Å². The largest absolute Gasteiger partial charge is 0.507 e. The topological polar surface area (TPSA) is 54.3 Å². The lowest BCUT2D eigenvalue weighted by Crippen LogP contribution is -2.22. The van der Waals surface area contributed by atoms with Crippen LogP contribution in [0.4, 0.5) is 0 Å². The molecular formula is C21H28N2O3. The number of rotatable bonds is 9. The summed E-state index contributed by atoms with van der Waals surface area (Å²) in [7, 11) is 5.71. The molecule has 0 aliphatic rings. The van der Waals surface area contributed by atoms with E-state index in [1.807, 2.05) is 51.4 Å². The first kappa shape index (κ1) is 19.8. The van der Waals surface area contributed by atoms with Gasteiger partial charge in [-0.05, 0) is 50.3 Å². The van der Waals surface area contributed by atoms with Crippen molar-refractivity contribution in [3.05, 3.63) is 53.6 Å². The van der Waals surface area contributed by atoms with Crippen molar-refractivity contribution < 1.29 is 14.6 Å². The molecule has 140 valence electrons. The first-order chi connectivity index (χ1) is 12.5. The Kier molecular flexibility index (Phi) is 7.48. The Morgan fingerprint density at radius 1 is 1.15 bits per heavy atom. The van der Waals surface area contributed by atoms with Crippen molar-refractivity contribution in [2.75, 3.05) is 34.4 Å². The molecule has 1 N–H and O–H groups in total. The van der Waals surface area contributed by atoms with Gasteiger partial charge in [0.05, 0.1) is 26.3 Å². The number of phenolic OH excluding ortho intramolecular Hbond substituents is 1. The normalized spacial score (nSPS) is 12.5. The summed E-state index contributed by atoms with van der Waals surface area (Å²) in [6.07, 6.45) is 2.63. The summed E-state index contributed by atoms with van der Waals surface area (Å²) in [6, 6.07) is 13.4. The van der Waals surface area contributed by atoms with Crippen LogP contribution >= 0.6 is 0 Å². The van der Waals surface area contributed by atoms with Gasteiger partial charge in [-0.25, -0.2) is 0 Å². The molecule has 0 fully saturated rings. The molecule has 0 aromatic heterocycles. The van der Waals surface area contributed by atoms with Gasteiger partial charge < -0.3 is 19.5 Å². The van der Waals surface area contributed by atoms with Crippen LogP contribution < -0.4 is 9.47 Å². The van der Waals surface area contributed by atoms with Gasteiger partial charge in [-0.3, -0.25) is 4.99 Å². The molecular weight excluding hydrogens is 328 g/mol. The fourth-order valence-electron chi connectivity index (χ4n) is 2.61. The fraction of sp³-hybridized carbons (Fsp3) is 0.381. The summed E-state index contributed by atoms with van der Waals surface area (Å²) in [4.78, 5) is 6.66. The Morgan fingerprint density at radius 3 is 2.62 bits per heavy atom. The standard InChI is InChI=1S/C21H28N2O3/c1-5-11-26-19-10-9-17(21(24)13-19)14-22-15-20(23(2)3)16-7-6-8-18(12-16)25-4/h6-10,12-14,20,24H,5,11,15H2,1-4H3/t20-/m1/s1. The Morgan fingerprint density at radius 2 is 1.96 bits per heavy atom. The van der Waals surface area contributed by atoms with Gasteiger partial charge in [0.1, 0.15) is 17.2 Å². The van der Waals surface area contributed by atoms with Gasteiger partial charge >= 0.3 is 0 Å². The minimum atomic E-state index is 0.121. The lowest BCUT2D eigenvalue weighted by Gasteiger charge is -2.23. The molecule has 0 unspecified atom stereocenters. The van der Waals surface area contributed by atoms with Gasteiger partial charge in [-0.15, -0.1) is 0 Å². The Bertz CT molecular complexity index is 729. The summed E-state index contributed by atoms with van der Waals surface area (Å²) in [5.41, 5.74) is 1.82. The van der Waals surface area contributed by atoms with Gasteiger partial charge in [0, 0.05) is 17.8 Å². The van der Waals surface area contributed by atoms with Gasteiger partial charge in [0.15, 0.2) is 0 Å². The highest BCUT2D eigenvalue weighted by atomic mass is 16.5. The van der Waals surface area contributed by atoms with Crippen molar-refractivity contribution in [3.8, 4) is 17.2 Å². The van der Waals surface area contributed by atoms with E-state index in [0.29, 0.717) is 24.5 Å². The summed E-state index contributed by atoms with van der Waals surface area (Å²) in [5.74, 6) is 1.67. The highest BCUT2D eigenvalue weighted by Gasteiger charge is 2.14. The van der Waals surface area contributed by atoms with E-state index in [4.69, 9.17) is 9.47 Å². The quantitative estimate of drug-likeness (QED) is 0.692. The van der Waals surface area contributed by atoms with Gasteiger partial charge in [-0.2, -0.15) is 0 Å². The Labute approximate surface area is 155 Å². The van der Waals surface area contributed by atoms with Gasteiger partial charge in [0.25, 0.3) is 0 Å². The van der Waals surface area contributed by atoms with Crippen LogP contribution in [-0.2, 0) is 0 Å². The van der Waals surface area contributed by atoms with Crippen LogP contribution in [0.1, 0.15) is 30.5 Å². The number of benzene rings is 2. The Hall–Kier alpha value is -2.53. The van der Waals surface area contributed by atoms with Crippen molar-refractivity contribution in [2.24, 2.45) is 4.99 Å². The molecule has 0 amide bonds. The molecule has 2 rings (SSSR count). The number of ether oxygens (including phenoxy) is 2. The molecule has 0 heterocycles. The zero-order valence-electron chi connectivity index (χ0n) is 16.0. The monoisotopic (exact) mass is 356 g/mol. The zero-order chi connectivity index (χ0) is 18.9. The van der Waals surface area contributed by atoms with Crippen LogP contribution in [0.2, 0.25) is 0 Å². The van der Waals surface area contributed by atoms with E-state index in [9.17, 15) is 5.11 Å². The third-order valence-corrected chi connectivity index (χ3v) is 4.09.